The van der Waals surface area contributed by atoms with Gasteiger partial charge in [0.2, 0.25) is 0 Å². The molecule has 0 aliphatic carbocycles. The van der Waals surface area contributed by atoms with Crippen molar-refractivity contribution >= 4 is 17.3 Å². The average Bonchev–Trinajstić information content (AvgIpc) is 2.26. The van der Waals surface area contributed by atoms with E-state index >= 15 is 0 Å². The molecule has 1 aromatic rings. The Morgan fingerprint density at radius 1 is 1.65 bits per heavy atom. The Kier molecular flexibility index (Phi) is 4.66. The van der Waals surface area contributed by atoms with Gasteiger partial charge < -0.3 is 5.32 Å². The third-order valence-electron chi connectivity index (χ3n) is 2.53. The number of aryl methyl sites for hydroxylation is 1. The molecule has 1 N–H and O–H groups in total. The van der Waals surface area contributed by atoms with Crippen LogP contribution in [0.1, 0.15) is 24.1 Å². The summed E-state index contributed by atoms with van der Waals surface area (Å²) >= 11 is 5.65. The molecule has 0 radical (unpaired) electrons. The summed E-state index contributed by atoms with van der Waals surface area (Å²) in [7, 11) is 0. The third-order valence-corrected chi connectivity index (χ3v) is 2.66. The van der Waals surface area contributed by atoms with Crippen LogP contribution >= 0.6 is 11.6 Å². The van der Waals surface area contributed by atoms with E-state index in [1.807, 2.05) is 13.0 Å². The van der Waals surface area contributed by atoms with Crippen LogP contribution in [0, 0.1) is 17.0 Å². The van der Waals surface area contributed by atoms with E-state index in [4.69, 9.17) is 11.6 Å². The van der Waals surface area contributed by atoms with E-state index < -0.39 is 0 Å². The maximum absolute atomic E-state index is 10.8. The number of hydrogen-bond donors (Lipinski definition) is 1. The van der Waals surface area contributed by atoms with Crippen LogP contribution in [0.25, 0.3) is 0 Å². The Balaban J connectivity index is 2.87. The van der Waals surface area contributed by atoms with Crippen LogP contribution in [0.15, 0.2) is 29.8 Å². The zero-order valence-electron chi connectivity index (χ0n) is 9.87. The van der Waals surface area contributed by atoms with Crippen LogP contribution in [0.2, 0.25) is 0 Å². The van der Waals surface area contributed by atoms with Gasteiger partial charge in [0.05, 0.1) is 4.92 Å². The number of nitrogens with one attached hydrogen (secondary N) is 1. The SMILES string of the molecule is C=C(Cl)CNC(C)c1ccc(C)c([N+](=O)[O-])c1. The first-order valence-electron chi connectivity index (χ1n) is 5.23. The first-order valence-corrected chi connectivity index (χ1v) is 5.61. The van der Waals surface area contributed by atoms with Gasteiger partial charge in [-0.05, 0) is 19.4 Å². The van der Waals surface area contributed by atoms with Crippen molar-refractivity contribution in [1.29, 1.82) is 0 Å². The minimum absolute atomic E-state index is 0.00944. The molecule has 1 aromatic carbocycles. The molecule has 0 aliphatic heterocycles. The van der Waals surface area contributed by atoms with Gasteiger partial charge in [-0.1, -0.05) is 30.3 Å². The predicted molar refractivity (Wildman–Crippen MR) is 69.2 cm³/mol. The molecule has 1 unspecified atom stereocenters. The molecule has 0 heterocycles. The molecule has 0 bridgehead atoms. The van der Waals surface area contributed by atoms with E-state index in [2.05, 4.69) is 11.9 Å². The number of benzene rings is 1. The molecule has 0 saturated heterocycles. The highest BCUT2D eigenvalue weighted by Crippen LogP contribution is 2.23. The minimum atomic E-state index is -0.369. The molecular formula is C12H15ClN2O2. The van der Waals surface area contributed by atoms with Crippen molar-refractivity contribution in [2.24, 2.45) is 0 Å². The number of nitro groups is 1. The van der Waals surface area contributed by atoms with E-state index in [1.54, 1.807) is 19.1 Å². The molecule has 92 valence electrons. The zero-order valence-corrected chi connectivity index (χ0v) is 10.6. The number of nitro benzene ring substituents is 1. The van der Waals surface area contributed by atoms with E-state index in [1.165, 1.54) is 0 Å². The van der Waals surface area contributed by atoms with Gasteiger partial charge in [-0.15, -0.1) is 0 Å². The Labute approximate surface area is 105 Å². The van der Waals surface area contributed by atoms with Crippen LogP contribution in [0.5, 0.6) is 0 Å². The van der Waals surface area contributed by atoms with Gasteiger partial charge in [-0.3, -0.25) is 10.1 Å². The lowest BCUT2D eigenvalue weighted by atomic mass is 10.0. The highest BCUT2D eigenvalue weighted by molar-refractivity contribution is 6.29. The predicted octanol–water partition coefficient (Wildman–Crippen LogP) is 3.31. The summed E-state index contributed by atoms with van der Waals surface area (Å²) < 4.78 is 0. The summed E-state index contributed by atoms with van der Waals surface area (Å²) in [5.41, 5.74) is 1.66. The van der Waals surface area contributed by atoms with Gasteiger partial charge in [0.1, 0.15) is 0 Å². The summed E-state index contributed by atoms with van der Waals surface area (Å²) in [5.74, 6) is 0. The van der Waals surface area contributed by atoms with Crippen molar-refractivity contribution in [3.05, 3.63) is 51.1 Å². The van der Waals surface area contributed by atoms with Crippen LogP contribution in [0.3, 0.4) is 0 Å². The zero-order chi connectivity index (χ0) is 13.0. The summed E-state index contributed by atoms with van der Waals surface area (Å²) in [6.07, 6.45) is 0. The van der Waals surface area contributed by atoms with Crippen LogP contribution < -0.4 is 5.32 Å². The molecule has 4 nitrogen and oxygen atoms in total. The Hall–Kier alpha value is -1.39. The van der Waals surface area contributed by atoms with Crippen molar-refractivity contribution in [1.82, 2.24) is 5.32 Å². The maximum Gasteiger partial charge on any atom is 0.272 e. The molecule has 0 fully saturated rings. The molecule has 0 spiro atoms. The van der Waals surface area contributed by atoms with Crippen molar-refractivity contribution in [3.63, 3.8) is 0 Å². The van der Waals surface area contributed by atoms with E-state index in [0.717, 1.165) is 5.56 Å². The highest BCUT2D eigenvalue weighted by atomic mass is 35.5. The fourth-order valence-corrected chi connectivity index (χ4v) is 1.55. The van der Waals surface area contributed by atoms with Crippen molar-refractivity contribution in [3.8, 4) is 0 Å². The highest BCUT2D eigenvalue weighted by Gasteiger charge is 2.13. The topological polar surface area (TPSA) is 55.2 Å². The molecule has 0 aromatic heterocycles. The normalized spacial score (nSPS) is 12.2. The molecular weight excluding hydrogens is 240 g/mol. The molecule has 5 heteroatoms. The van der Waals surface area contributed by atoms with Gasteiger partial charge in [0.15, 0.2) is 0 Å². The number of rotatable bonds is 5. The molecule has 17 heavy (non-hydrogen) atoms. The summed E-state index contributed by atoms with van der Waals surface area (Å²) in [4.78, 5) is 10.4. The molecule has 0 saturated carbocycles. The van der Waals surface area contributed by atoms with Crippen LogP contribution in [-0.4, -0.2) is 11.5 Å². The first kappa shape index (κ1) is 13.7. The third kappa shape index (κ3) is 3.84. The quantitative estimate of drug-likeness (QED) is 0.648. The Morgan fingerprint density at radius 2 is 2.29 bits per heavy atom. The lowest BCUT2D eigenvalue weighted by Crippen LogP contribution is -2.19. The molecule has 0 amide bonds. The van der Waals surface area contributed by atoms with E-state index in [9.17, 15) is 10.1 Å². The van der Waals surface area contributed by atoms with Gasteiger partial charge in [-0.25, -0.2) is 0 Å². The minimum Gasteiger partial charge on any atom is -0.305 e. The fraction of sp³-hybridized carbons (Fsp3) is 0.333. The van der Waals surface area contributed by atoms with Crippen LogP contribution in [0.4, 0.5) is 5.69 Å². The van der Waals surface area contributed by atoms with Crippen molar-refractivity contribution in [2.75, 3.05) is 6.54 Å². The van der Waals surface area contributed by atoms with E-state index in [-0.39, 0.29) is 16.7 Å². The fourth-order valence-electron chi connectivity index (χ4n) is 1.47. The standard InChI is InChI=1S/C12H15ClN2O2/c1-8-4-5-11(6-12(8)15(16)17)10(3)14-7-9(2)13/h4-6,10,14H,2,7H2,1,3H3. The monoisotopic (exact) mass is 254 g/mol. The summed E-state index contributed by atoms with van der Waals surface area (Å²) in [6, 6.07) is 5.20. The second-order valence-electron chi connectivity index (χ2n) is 3.92. The van der Waals surface area contributed by atoms with Crippen molar-refractivity contribution < 1.29 is 4.92 Å². The van der Waals surface area contributed by atoms with Crippen LogP contribution in [-0.2, 0) is 0 Å². The summed E-state index contributed by atoms with van der Waals surface area (Å²) in [5, 5.41) is 14.5. The largest absolute Gasteiger partial charge is 0.305 e. The lowest BCUT2D eigenvalue weighted by Gasteiger charge is -2.13. The lowest BCUT2D eigenvalue weighted by molar-refractivity contribution is -0.385. The molecule has 1 atom stereocenters. The van der Waals surface area contributed by atoms with Gasteiger partial charge in [0, 0.05) is 29.2 Å². The van der Waals surface area contributed by atoms with Gasteiger partial charge >= 0.3 is 0 Å². The van der Waals surface area contributed by atoms with Gasteiger partial charge in [-0.2, -0.15) is 0 Å². The second kappa shape index (κ2) is 5.80. The first-order chi connectivity index (χ1) is 7.91. The second-order valence-corrected chi connectivity index (χ2v) is 4.46. The smallest absolute Gasteiger partial charge is 0.272 e. The Morgan fingerprint density at radius 3 is 2.82 bits per heavy atom. The molecule has 1 rings (SSSR count). The van der Waals surface area contributed by atoms with Gasteiger partial charge in [0.25, 0.3) is 5.69 Å². The Bertz CT molecular complexity index is 446. The summed E-state index contributed by atoms with van der Waals surface area (Å²) in [6.45, 7) is 7.70. The number of hydrogen-bond acceptors (Lipinski definition) is 3. The molecule has 0 aliphatic rings. The van der Waals surface area contributed by atoms with Crippen molar-refractivity contribution in [2.45, 2.75) is 19.9 Å². The number of nitrogens with zero attached hydrogens (tertiary/aromatic N) is 1. The number of halogens is 1. The van der Waals surface area contributed by atoms with E-state index in [0.29, 0.717) is 17.1 Å². The maximum atomic E-state index is 10.8. The average molecular weight is 255 g/mol.